The van der Waals surface area contributed by atoms with Gasteiger partial charge in [0, 0.05) is 10.6 Å². The first kappa shape index (κ1) is 13.2. The van der Waals surface area contributed by atoms with E-state index in [1.165, 1.54) is 6.33 Å². The number of hydrogen-bond donors (Lipinski definition) is 0. The van der Waals surface area contributed by atoms with Crippen molar-refractivity contribution in [1.29, 1.82) is 0 Å². The Morgan fingerprint density at radius 2 is 1.80 bits per heavy atom. The van der Waals surface area contributed by atoms with Crippen LogP contribution in [0.5, 0.6) is 0 Å². The summed E-state index contributed by atoms with van der Waals surface area (Å²) in [5.74, 6) is 0.690. The lowest BCUT2D eigenvalue weighted by Gasteiger charge is -2.08. The van der Waals surface area contributed by atoms with Crippen LogP contribution in [0.4, 0.5) is 0 Å². The van der Waals surface area contributed by atoms with Gasteiger partial charge in [-0.1, -0.05) is 41.4 Å². The second-order valence-corrected chi connectivity index (χ2v) is 5.22. The molecule has 0 N–H and O–H groups in total. The van der Waals surface area contributed by atoms with E-state index >= 15 is 0 Å². The van der Waals surface area contributed by atoms with E-state index < -0.39 is 0 Å². The van der Waals surface area contributed by atoms with Crippen molar-refractivity contribution in [2.24, 2.45) is 0 Å². The van der Waals surface area contributed by atoms with Gasteiger partial charge in [0.1, 0.15) is 6.33 Å². The van der Waals surface area contributed by atoms with Crippen molar-refractivity contribution < 1.29 is 0 Å². The van der Waals surface area contributed by atoms with Gasteiger partial charge in [-0.05, 0) is 36.8 Å². The number of halogens is 2. The van der Waals surface area contributed by atoms with Gasteiger partial charge >= 0.3 is 0 Å². The number of benzene rings is 2. The van der Waals surface area contributed by atoms with Gasteiger partial charge in [-0.3, -0.25) is 0 Å². The second-order valence-electron chi connectivity index (χ2n) is 4.41. The Bertz CT molecular complexity index is 765. The first-order chi connectivity index (χ1) is 9.66. The summed E-state index contributed by atoms with van der Waals surface area (Å²) in [5.41, 5.74) is 2.71. The van der Waals surface area contributed by atoms with Crippen LogP contribution < -0.4 is 0 Å². The van der Waals surface area contributed by atoms with Crippen LogP contribution in [0.1, 0.15) is 5.56 Å². The quantitative estimate of drug-likeness (QED) is 0.695. The molecule has 1 heterocycles. The van der Waals surface area contributed by atoms with Crippen LogP contribution in [0.3, 0.4) is 0 Å². The highest BCUT2D eigenvalue weighted by Gasteiger charge is 2.12. The van der Waals surface area contributed by atoms with E-state index in [0.717, 1.165) is 16.8 Å². The predicted molar refractivity (Wildman–Crippen MR) is 81.6 cm³/mol. The molecule has 0 aliphatic heterocycles. The van der Waals surface area contributed by atoms with E-state index in [1.807, 2.05) is 49.4 Å². The normalized spacial score (nSPS) is 10.8. The minimum atomic E-state index is 0.639. The minimum absolute atomic E-state index is 0.639. The Balaban J connectivity index is 2.15. The number of aromatic nitrogens is 3. The fraction of sp³-hybridized carbons (Fsp3) is 0.0667. The molecule has 1 aromatic heterocycles. The number of hydrogen-bond acceptors (Lipinski definition) is 2. The van der Waals surface area contributed by atoms with Gasteiger partial charge in [0.25, 0.3) is 0 Å². The lowest BCUT2D eigenvalue weighted by atomic mass is 10.2. The summed E-state index contributed by atoms with van der Waals surface area (Å²) in [5, 5.41) is 5.60. The average molecular weight is 304 g/mol. The Morgan fingerprint density at radius 1 is 1.00 bits per heavy atom. The molecule has 5 heteroatoms. The number of nitrogens with zero attached hydrogens (tertiary/aromatic N) is 3. The minimum Gasteiger partial charge on any atom is -0.215 e. The van der Waals surface area contributed by atoms with Crippen LogP contribution in [-0.2, 0) is 0 Å². The van der Waals surface area contributed by atoms with Crippen molar-refractivity contribution in [3.63, 3.8) is 0 Å². The molecule has 20 heavy (non-hydrogen) atoms. The molecule has 0 radical (unpaired) electrons. The van der Waals surface area contributed by atoms with Gasteiger partial charge in [-0.2, -0.15) is 5.10 Å². The van der Waals surface area contributed by atoms with Crippen LogP contribution in [0, 0.1) is 6.92 Å². The summed E-state index contributed by atoms with van der Waals surface area (Å²) in [4.78, 5) is 4.30. The summed E-state index contributed by atoms with van der Waals surface area (Å²) < 4.78 is 1.73. The zero-order valence-electron chi connectivity index (χ0n) is 10.7. The summed E-state index contributed by atoms with van der Waals surface area (Å²) >= 11 is 12.4. The first-order valence-corrected chi connectivity index (χ1v) is 6.84. The van der Waals surface area contributed by atoms with E-state index in [4.69, 9.17) is 23.2 Å². The highest BCUT2D eigenvalue weighted by atomic mass is 35.5. The molecule has 0 aliphatic carbocycles. The fourth-order valence-electron chi connectivity index (χ4n) is 1.97. The molecular weight excluding hydrogens is 293 g/mol. The van der Waals surface area contributed by atoms with Gasteiger partial charge in [0.05, 0.1) is 10.7 Å². The molecule has 0 atom stereocenters. The smallest absolute Gasteiger partial charge is 0.164 e. The zero-order valence-corrected chi connectivity index (χ0v) is 12.2. The van der Waals surface area contributed by atoms with Crippen LogP contribution in [-0.4, -0.2) is 14.8 Å². The number of rotatable bonds is 2. The maximum Gasteiger partial charge on any atom is 0.164 e. The van der Waals surface area contributed by atoms with Crippen molar-refractivity contribution in [3.8, 4) is 17.1 Å². The predicted octanol–water partition coefficient (Wildman–Crippen LogP) is 4.55. The van der Waals surface area contributed by atoms with E-state index in [9.17, 15) is 0 Å². The van der Waals surface area contributed by atoms with Gasteiger partial charge in [0.15, 0.2) is 5.82 Å². The molecule has 3 aromatic rings. The van der Waals surface area contributed by atoms with E-state index in [0.29, 0.717) is 15.9 Å². The molecular formula is C15H11Cl2N3. The van der Waals surface area contributed by atoms with E-state index in [1.54, 1.807) is 4.68 Å². The average Bonchev–Trinajstić information content (AvgIpc) is 2.91. The van der Waals surface area contributed by atoms with Crippen LogP contribution in [0.2, 0.25) is 10.0 Å². The molecule has 0 unspecified atom stereocenters. The summed E-state index contributed by atoms with van der Waals surface area (Å²) in [7, 11) is 0. The molecule has 0 saturated carbocycles. The van der Waals surface area contributed by atoms with E-state index in [2.05, 4.69) is 10.1 Å². The maximum absolute atomic E-state index is 6.22. The van der Waals surface area contributed by atoms with Gasteiger partial charge in [0.2, 0.25) is 0 Å². The Kier molecular flexibility index (Phi) is 3.47. The summed E-state index contributed by atoms with van der Waals surface area (Å²) in [6.45, 7) is 1.96. The molecule has 0 fully saturated rings. The fourth-order valence-corrected chi connectivity index (χ4v) is 2.37. The second kappa shape index (κ2) is 5.27. The highest BCUT2D eigenvalue weighted by molar-refractivity contribution is 6.33. The summed E-state index contributed by atoms with van der Waals surface area (Å²) in [6.07, 6.45) is 1.51. The Hall–Kier alpha value is -1.84. The highest BCUT2D eigenvalue weighted by Crippen LogP contribution is 2.28. The summed E-state index contributed by atoms with van der Waals surface area (Å²) in [6, 6.07) is 13.3. The Labute approximate surface area is 126 Å². The van der Waals surface area contributed by atoms with Crippen molar-refractivity contribution in [3.05, 3.63) is 64.4 Å². The largest absolute Gasteiger partial charge is 0.215 e. The van der Waals surface area contributed by atoms with Crippen LogP contribution in [0.25, 0.3) is 17.1 Å². The first-order valence-electron chi connectivity index (χ1n) is 6.08. The standard InChI is InChI=1S/C15H11Cl2N3/c1-10-6-7-11(8-14(10)17)20-15(18-9-19-20)12-4-2-3-5-13(12)16/h2-9H,1H3. The maximum atomic E-state index is 6.22. The van der Waals surface area contributed by atoms with Crippen LogP contribution in [0.15, 0.2) is 48.8 Å². The monoisotopic (exact) mass is 303 g/mol. The van der Waals surface area contributed by atoms with Crippen molar-refractivity contribution in [2.75, 3.05) is 0 Å². The third-order valence-corrected chi connectivity index (χ3v) is 3.80. The van der Waals surface area contributed by atoms with Gasteiger partial charge in [-0.25, -0.2) is 9.67 Å². The van der Waals surface area contributed by atoms with Crippen LogP contribution >= 0.6 is 23.2 Å². The van der Waals surface area contributed by atoms with Crippen molar-refractivity contribution in [1.82, 2.24) is 14.8 Å². The topological polar surface area (TPSA) is 30.7 Å². The molecule has 3 nitrogen and oxygen atoms in total. The molecule has 2 aromatic carbocycles. The molecule has 0 aliphatic rings. The van der Waals surface area contributed by atoms with Gasteiger partial charge in [-0.15, -0.1) is 0 Å². The van der Waals surface area contributed by atoms with Crippen molar-refractivity contribution >= 4 is 23.2 Å². The third kappa shape index (κ3) is 2.30. The molecule has 0 amide bonds. The SMILES string of the molecule is Cc1ccc(-n2ncnc2-c2ccccc2Cl)cc1Cl. The molecule has 100 valence electrons. The lowest BCUT2D eigenvalue weighted by Crippen LogP contribution is -2.00. The molecule has 3 rings (SSSR count). The van der Waals surface area contributed by atoms with Gasteiger partial charge < -0.3 is 0 Å². The van der Waals surface area contributed by atoms with Crippen molar-refractivity contribution in [2.45, 2.75) is 6.92 Å². The molecule has 0 bridgehead atoms. The Morgan fingerprint density at radius 3 is 2.55 bits per heavy atom. The van der Waals surface area contributed by atoms with E-state index in [-0.39, 0.29) is 0 Å². The third-order valence-electron chi connectivity index (χ3n) is 3.06. The number of aryl methyl sites for hydroxylation is 1. The molecule has 0 saturated heterocycles. The lowest BCUT2D eigenvalue weighted by molar-refractivity contribution is 0.886. The zero-order chi connectivity index (χ0) is 14.1. The molecule has 0 spiro atoms.